The summed E-state index contributed by atoms with van der Waals surface area (Å²) >= 11 is 0. The lowest BCUT2D eigenvalue weighted by molar-refractivity contribution is 0.0909. The van der Waals surface area contributed by atoms with Gasteiger partial charge in [0.15, 0.2) is 0 Å². The molecule has 2 aromatic heterocycles. The predicted octanol–water partition coefficient (Wildman–Crippen LogP) is 2.04. The van der Waals surface area contributed by atoms with E-state index in [1.165, 1.54) is 6.26 Å². The van der Waals surface area contributed by atoms with E-state index in [0.29, 0.717) is 28.4 Å². The molecule has 8 heteroatoms. The zero-order valence-corrected chi connectivity index (χ0v) is 15.0. The highest BCUT2D eigenvalue weighted by Gasteiger charge is 2.15. The van der Waals surface area contributed by atoms with Crippen molar-refractivity contribution in [1.29, 1.82) is 0 Å². The molecule has 0 aliphatic carbocycles. The molecule has 0 radical (unpaired) electrons. The van der Waals surface area contributed by atoms with Crippen LogP contribution in [0.4, 0.5) is 5.69 Å². The van der Waals surface area contributed by atoms with Crippen LogP contribution in [0.15, 0.2) is 53.4 Å². The van der Waals surface area contributed by atoms with Crippen molar-refractivity contribution in [2.75, 3.05) is 11.9 Å². The maximum absolute atomic E-state index is 12.2. The second-order valence-corrected chi connectivity index (χ2v) is 6.04. The number of benzene rings is 1. The van der Waals surface area contributed by atoms with Gasteiger partial charge in [-0.25, -0.2) is 4.98 Å². The number of furan rings is 1. The van der Waals surface area contributed by atoms with Crippen molar-refractivity contribution < 1.29 is 19.1 Å². The smallest absolute Gasteiger partial charge is 0.259 e. The first-order chi connectivity index (χ1) is 13.0. The van der Waals surface area contributed by atoms with Crippen molar-refractivity contribution >= 4 is 17.5 Å². The molecule has 0 aliphatic heterocycles. The summed E-state index contributed by atoms with van der Waals surface area (Å²) in [5.41, 5.74) is 1.44. The second-order valence-electron chi connectivity index (χ2n) is 6.04. The van der Waals surface area contributed by atoms with Crippen molar-refractivity contribution in [1.82, 2.24) is 14.9 Å². The van der Waals surface area contributed by atoms with Crippen LogP contribution in [0.2, 0.25) is 0 Å². The van der Waals surface area contributed by atoms with E-state index in [-0.39, 0.29) is 18.4 Å². The van der Waals surface area contributed by atoms with Gasteiger partial charge in [-0.05, 0) is 37.3 Å². The number of rotatable bonds is 6. The molecule has 3 N–H and O–H groups in total. The zero-order chi connectivity index (χ0) is 19.4. The van der Waals surface area contributed by atoms with Crippen molar-refractivity contribution in [3.8, 4) is 0 Å². The summed E-state index contributed by atoms with van der Waals surface area (Å²) in [5.74, 6) is 0.404. The number of carbonyl (C=O) groups is 2. The number of nitrogens with one attached hydrogen (secondary N) is 2. The van der Waals surface area contributed by atoms with E-state index in [1.807, 2.05) is 0 Å². The number of aliphatic hydroxyl groups excluding tert-OH is 1. The van der Waals surface area contributed by atoms with Crippen LogP contribution in [0.25, 0.3) is 0 Å². The first-order valence-electron chi connectivity index (χ1n) is 8.34. The monoisotopic (exact) mass is 368 g/mol. The van der Waals surface area contributed by atoms with Gasteiger partial charge in [-0.3, -0.25) is 9.59 Å². The molecule has 0 aliphatic rings. The van der Waals surface area contributed by atoms with Crippen molar-refractivity contribution in [3.63, 3.8) is 0 Å². The molecule has 0 saturated heterocycles. The highest BCUT2D eigenvalue weighted by atomic mass is 16.3. The van der Waals surface area contributed by atoms with Gasteiger partial charge >= 0.3 is 0 Å². The molecule has 3 aromatic rings. The summed E-state index contributed by atoms with van der Waals surface area (Å²) in [6.45, 7) is 1.75. The molecule has 0 fully saturated rings. The number of nitrogens with zero attached hydrogens (tertiary/aromatic N) is 2. The Bertz CT molecular complexity index is 943. The van der Waals surface area contributed by atoms with Crippen LogP contribution in [-0.4, -0.2) is 33.0 Å². The Hall–Kier alpha value is -3.39. The molecule has 2 amide bonds. The van der Waals surface area contributed by atoms with Crippen molar-refractivity contribution in [2.45, 2.75) is 13.0 Å². The molecule has 140 valence electrons. The van der Waals surface area contributed by atoms with Gasteiger partial charge < -0.3 is 24.7 Å². The fraction of sp³-hybridized carbons (Fsp3) is 0.211. The van der Waals surface area contributed by atoms with Gasteiger partial charge in [0.2, 0.25) is 0 Å². The highest BCUT2D eigenvalue weighted by Crippen LogP contribution is 2.15. The molecule has 27 heavy (non-hydrogen) atoms. The number of anilines is 1. The fourth-order valence-corrected chi connectivity index (χ4v) is 2.60. The standard InChI is InChI=1S/C19H20N4O4/c1-12-15(7-10-27-12)19(26)22-14-5-3-13(4-6-14)18(25)21-11-16(24)17-20-8-9-23(17)2/h3-10,16,24H,11H2,1-2H3,(H,21,25)(H,22,26). The van der Waals surface area contributed by atoms with E-state index < -0.39 is 6.10 Å². The quantitative estimate of drug-likeness (QED) is 0.617. The van der Waals surface area contributed by atoms with Crippen LogP contribution in [0, 0.1) is 6.92 Å². The fourth-order valence-electron chi connectivity index (χ4n) is 2.60. The number of aryl methyl sites for hydroxylation is 2. The van der Waals surface area contributed by atoms with Gasteiger partial charge in [-0.2, -0.15) is 0 Å². The molecular formula is C19H20N4O4. The summed E-state index contributed by atoms with van der Waals surface area (Å²) in [4.78, 5) is 28.4. The number of carbonyl (C=O) groups excluding carboxylic acids is 2. The minimum atomic E-state index is -0.897. The Morgan fingerprint density at radius 2 is 1.96 bits per heavy atom. The van der Waals surface area contributed by atoms with E-state index in [0.717, 1.165) is 0 Å². The van der Waals surface area contributed by atoms with Gasteiger partial charge in [-0.1, -0.05) is 0 Å². The van der Waals surface area contributed by atoms with E-state index in [4.69, 9.17) is 4.42 Å². The van der Waals surface area contributed by atoms with E-state index in [1.54, 1.807) is 61.3 Å². The van der Waals surface area contributed by atoms with Crippen LogP contribution in [-0.2, 0) is 7.05 Å². The largest absolute Gasteiger partial charge is 0.469 e. The minimum Gasteiger partial charge on any atom is -0.469 e. The van der Waals surface area contributed by atoms with Crippen LogP contribution < -0.4 is 10.6 Å². The van der Waals surface area contributed by atoms with Crippen molar-refractivity contribution in [2.24, 2.45) is 7.05 Å². The molecule has 0 spiro atoms. The zero-order valence-electron chi connectivity index (χ0n) is 15.0. The lowest BCUT2D eigenvalue weighted by Gasteiger charge is -2.12. The van der Waals surface area contributed by atoms with Gasteiger partial charge in [0.1, 0.15) is 17.7 Å². The molecule has 1 unspecified atom stereocenters. The first kappa shape index (κ1) is 18.4. The highest BCUT2D eigenvalue weighted by molar-refractivity contribution is 6.05. The molecule has 2 heterocycles. The number of imidazole rings is 1. The third kappa shape index (κ3) is 4.24. The van der Waals surface area contributed by atoms with Crippen molar-refractivity contribution in [3.05, 3.63) is 71.7 Å². The Morgan fingerprint density at radius 3 is 2.56 bits per heavy atom. The summed E-state index contributed by atoms with van der Waals surface area (Å²) < 4.78 is 6.80. The molecular weight excluding hydrogens is 348 g/mol. The normalized spacial score (nSPS) is 11.8. The topological polar surface area (TPSA) is 109 Å². The molecule has 0 saturated carbocycles. The Balaban J connectivity index is 1.56. The third-order valence-electron chi connectivity index (χ3n) is 4.12. The molecule has 8 nitrogen and oxygen atoms in total. The Kier molecular flexibility index (Phi) is 5.37. The van der Waals surface area contributed by atoms with Crippen LogP contribution in [0.5, 0.6) is 0 Å². The summed E-state index contributed by atoms with van der Waals surface area (Å²) in [6.07, 6.45) is 3.86. The number of aliphatic hydroxyl groups is 1. The number of hydrogen-bond acceptors (Lipinski definition) is 5. The average molecular weight is 368 g/mol. The van der Waals surface area contributed by atoms with Crippen LogP contribution in [0.3, 0.4) is 0 Å². The lowest BCUT2D eigenvalue weighted by Crippen LogP contribution is -2.29. The predicted molar refractivity (Wildman–Crippen MR) is 98.3 cm³/mol. The molecule has 1 atom stereocenters. The number of aromatic nitrogens is 2. The maximum Gasteiger partial charge on any atom is 0.259 e. The Morgan fingerprint density at radius 1 is 1.22 bits per heavy atom. The van der Waals surface area contributed by atoms with Crippen LogP contribution >= 0.6 is 0 Å². The average Bonchev–Trinajstić information content (AvgIpc) is 3.28. The Labute approximate surface area is 155 Å². The SMILES string of the molecule is Cc1occc1C(=O)Nc1ccc(C(=O)NCC(O)c2nccn2C)cc1. The number of hydrogen-bond donors (Lipinski definition) is 3. The summed E-state index contributed by atoms with van der Waals surface area (Å²) in [7, 11) is 1.77. The third-order valence-corrected chi connectivity index (χ3v) is 4.12. The van der Waals surface area contributed by atoms with Gasteiger partial charge in [-0.15, -0.1) is 0 Å². The lowest BCUT2D eigenvalue weighted by atomic mass is 10.1. The van der Waals surface area contributed by atoms with Crippen LogP contribution in [0.1, 0.15) is 38.4 Å². The van der Waals surface area contributed by atoms with Gasteiger partial charge in [0.25, 0.3) is 11.8 Å². The molecule has 0 bridgehead atoms. The molecule has 1 aromatic carbocycles. The maximum atomic E-state index is 12.2. The summed E-state index contributed by atoms with van der Waals surface area (Å²) in [5, 5.41) is 15.5. The van der Waals surface area contributed by atoms with E-state index in [9.17, 15) is 14.7 Å². The summed E-state index contributed by atoms with van der Waals surface area (Å²) in [6, 6.07) is 8.06. The van der Waals surface area contributed by atoms with Gasteiger partial charge in [0.05, 0.1) is 18.4 Å². The van der Waals surface area contributed by atoms with Gasteiger partial charge in [0, 0.05) is 30.7 Å². The second kappa shape index (κ2) is 7.88. The molecule has 3 rings (SSSR count). The first-order valence-corrected chi connectivity index (χ1v) is 8.34. The minimum absolute atomic E-state index is 0.0436. The van der Waals surface area contributed by atoms with E-state index in [2.05, 4.69) is 15.6 Å². The van der Waals surface area contributed by atoms with E-state index >= 15 is 0 Å². The number of amides is 2.